The lowest BCUT2D eigenvalue weighted by molar-refractivity contribution is 0.174. The second-order valence-electron chi connectivity index (χ2n) is 9.29. The van der Waals surface area contributed by atoms with Gasteiger partial charge in [0.1, 0.15) is 0 Å². The summed E-state index contributed by atoms with van der Waals surface area (Å²) in [6, 6.07) is 23.9. The number of unbranched alkanes of at least 4 members (excludes halogenated alkanes) is 1. The molecule has 1 aliphatic rings. The van der Waals surface area contributed by atoms with Gasteiger partial charge in [-0.2, -0.15) is 10.5 Å². The van der Waals surface area contributed by atoms with Crippen molar-refractivity contribution in [3.05, 3.63) is 94.1 Å². The minimum Gasteiger partial charge on any atom is -0.454 e. The Hall–Kier alpha value is -4.22. The van der Waals surface area contributed by atoms with Crippen molar-refractivity contribution in [3.63, 3.8) is 0 Å². The zero-order valence-electron chi connectivity index (χ0n) is 21.8. The molecule has 0 fully saturated rings. The number of rotatable bonds is 10. The van der Waals surface area contributed by atoms with E-state index in [0.717, 1.165) is 47.8 Å². The van der Waals surface area contributed by atoms with E-state index in [1.807, 2.05) is 6.07 Å². The molecular weight excluding hydrogens is 458 g/mol. The summed E-state index contributed by atoms with van der Waals surface area (Å²) in [5.74, 6) is 1.58. The Morgan fingerprint density at radius 1 is 0.892 bits per heavy atom. The molecule has 3 aromatic carbocycles. The van der Waals surface area contributed by atoms with Crippen LogP contribution in [-0.4, -0.2) is 19.9 Å². The lowest BCUT2D eigenvalue weighted by Gasteiger charge is -2.26. The average molecular weight is 492 g/mol. The highest BCUT2D eigenvalue weighted by Crippen LogP contribution is 2.41. The van der Waals surface area contributed by atoms with Crippen LogP contribution < -0.4 is 14.4 Å². The summed E-state index contributed by atoms with van der Waals surface area (Å²) >= 11 is 0. The number of benzene rings is 3. The summed E-state index contributed by atoms with van der Waals surface area (Å²) in [7, 11) is 0. The summed E-state index contributed by atoms with van der Waals surface area (Å²) in [5.41, 5.74) is 8.30. The first-order valence-corrected chi connectivity index (χ1v) is 12.8. The maximum Gasteiger partial charge on any atom is 0.231 e. The zero-order chi connectivity index (χ0) is 26.2. The SMILES string of the molecule is CCN(CCC#N)c1ccc(C(c2ccc3c(c2)OCO3)c2ccc(/C=C\CCC#N)cc2C)c(C)c1. The van der Waals surface area contributed by atoms with Gasteiger partial charge in [-0.15, -0.1) is 0 Å². The molecule has 5 nitrogen and oxygen atoms in total. The normalized spacial score (nSPS) is 12.8. The third kappa shape index (κ3) is 5.96. The van der Waals surface area contributed by atoms with Crippen LogP contribution in [0.5, 0.6) is 11.5 Å². The van der Waals surface area contributed by atoms with E-state index in [1.165, 1.54) is 22.3 Å². The Kier molecular flexibility index (Phi) is 8.49. The number of anilines is 1. The van der Waals surface area contributed by atoms with Crippen LogP contribution in [0.3, 0.4) is 0 Å². The van der Waals surface area contributed by atoms with E-state index < -0.39 is 0 Å². The molecule has 0 amide bonds. The molecule has 1 unspecified atom stereocenters. The fourth-order valence-corrected chi connectivity index (χ4v) is 4.95. The summed E-state index contributed by atoms with van der Waals surface area (Å²) in [6.45, 7) is 8.27. The predicted molar refractivity (Wildman–Crippen MR) is 148 cm³/mol. The van der Waals surface area contributed by atoms with Crippen molar-refractivity contribution >= 4 is 11.8 Å². The molecule has 0 aliphatic carbocycles. The second kappa shape index (κ2) is 12.2. The summed E-state index contributed by atoms with van der Waals surface area (Å²) < 4.78 is 11.3. The summed E-state index contributed by atoms with van der Waals surface area (Å²) in [6.07, 6.45) is 5.93. The molecule has 5 heteroatoms. The van der Waals surface area contributed by atoms with Crippen molar-refractivity contribution in [2.75, 3.05) is 24.8 Å². The molecule has 1 aliphatic heterocycles. The minimum absolute atomic E-state index is 0.0225. The number of fused-ring (bicyclic) bond motifs is 1. The van der Waals surface area contributed by atoms with Crippen LogP contribution in [0.4, 0.5) is 5.69 Å². The van der Waals surface area contributed by atoms with E-state index >= 15 is 0 Å². The van der Waals surface area contributed by atoms with Gasteiger partial charge in [0, 0.05) is 31.1 Å². The van der Waals surface area contributed by atoms with Crippen LogP contribution in [0, 0.1) is 36.5 Å². The van der Waals surface area contributed by atoms with Crippen LogP contribution >= 0.6 is 0 Å². The fourth-order valence-electron chi connectivity index (χ4n) is 4.95. The Bertz CT molecular complexity index is 1360. The molecule has 0 bridgehead atoms. The van der Waals surface area contributed by atoms with Gasteiger partial charge < -0.3 is 14.4 Å². The van der Waals surface area contributed by atoms with Crippen LogP contribution in [0.15, 0.2) is 60.7 Å². The van der Waals surface area contributed by atoms with Gasteiger partial charge in [-0.3, -0.25) is 0 Å². The van der Waals surface area contributed by atoms with E-state index in [-0.39, 0.29) is 12.7 Å². The molecule has 0 spiro atoms. The van der Waals surface area contributed by atoms with E-state index in [4.69, 9.17) is 20.0 Å². The highest BCUT2D eigenvalue weighted by molar-refractivity contribution is 5.59. The molecule has 188 valence electrons. The maximum absolute atomic E-state index is 9.05. The van der Waals surface area contributed by atoms with Gasteiger partial charge in [0.15, 0.2) is 11.5 Å². The Morgan fingerprint density at radius 3 is 2.32 bits per heavy atom. The monoisotopic (exact) mass is 491 g/mol. The van der Waals surface area contributed by atoms with E-state index in [0.29, 0.717) is 12.8 Å². The molecule has 0 saturated heterocycles. The Balaban J connectivity index is 1.76. The van der Waals surface area contributed by atoms with Crippen LogP contribution in [-0.2, 0) is 0 Å². The fraction of sp³-hybridized carbons (Fsp3) is 0.312. The Morgan fingerprint density at radius 2 is 1.62 bits per heavy atom. The molecule has 1 atom stereocenters. The third-order valence-corrected chi connectivity index (χ3v) is 6.87. The van der Waals surface area contributed by atoms with Crippen molar-refractivity contribution in [2.24, 2.45) is 0 Å². The molecular formula is C32H33N3O2. The summed E-state index contributed by atoms with van der Waals surface area (Å²) in [4.78, 5) is 2.24. The smallest absolute Gasteiger partial charge is 0.231 e. The molecule has 1 heterocycles. The summed E-state index contributed by atoms with van der Waals surface area (Å²) in [5, 5.41) is 17.8. The highest BCUT2D eigenvalue weighted by atomic mass is 16.7. The topological polar surface area (TPSA) is 69.3 Å². The second-order valence-corrected chi connectivity index (χ2v) is 9.29. The van der Waals surface area contributed by atoms with Gasteiger partial charge in [-0.25, -0.2) is 0 Å². The first kappa shape index (κ1) is 25.9. The lowest BCUT2D eigenvalue weighted by atomic mass is 9.80. The van der Waals surface area contributed by atoms with Crippen LogP contribution in [0.1, 0.15) is 65.5 Å². The van der Waals surface area contributed by atoms with Crippen LogP contribution in [0.25, 0.3) is 6.08 Å². The number of nitriles is 2. The molecule has 0 aromatic heterocycles. The molecule has 4 rings (SSSR count). The van der Waals surface area contributed by atoms with Crippen LogP contribution in [0.2, 0.25) is 0 Å². The average Bonchev–Trinajstić information content (AvgIpc) is 3.37. The third-order valence-electron chi connectivity index (χ3n) is 6.87. The van der Waals surface area contributed by atoms with E-state index in [2.05, 4.69) is 98.5 Å². The van der Waals surface area contributed by atoms with Crippen molar-refractivity contribution in [3.8, 4) is 23.6 Å². The number of hydrogen-bond acceptors (Lipinski definition) is 5. The van der Waals surface area contributed by atoms with Crippen molar-refractivity contribution < 1.29 is 9.47 Å². The standard InChI is InChI=1S/C32H33N3O2/c1-4-35(18-8-17-34)27-12-14-29(24(3)20-27)32(26-11-15-30-31(21-26)37-22-36-30)28-13-10-25(19-23(28)2)9-6-5-7-16-33/h6,9-15,19-21,32H,4-5,7-8,18,22H2,1-3H3/b9-6-. The van der Waals surface area contributed by atoms with Gasteiger partial charge in [0.05, 0.1) is 18.6 Å². The number of allylic oxidation sites excluding steroid dienone is 1. The molecule has 37 heavy (non-hydrogen) atoms. The first-order chi connectivity index (χ1) is 18.0. The van der Waals surface area contributed by atoms with Crippen molar-refractivity contribution in [2.45, 2.75) is 46.0 Å². The quantitative estimate of drug-likeness (QED) is 0.220. The lowest BCUT2D eigenvalue weighted by Crippen LogP contribution is -2.23. The minimum atomic E-state index is 0.0225. The number of aryl methyl sites for hydroxylation is 2. The number of hydrogen-bond donors (Lipinski definition) is 0. The number of nitrogens with zero attached hydrogens (tertiary/aromatic N) is 3. The molecule has 0 radical (unpaired) electrons. The number of ether oxygens (including phenoxy) is 2. The predicted octanol–water partition coefficient (Wildman–Crippen LogP) is 7.27. The maximum atomic E-state index is 9.05. The molecule has 3 aromatic rings. The Labute approximate surface area is 220 Å². The van der Waals surface area contributed by atoms with Gasteiger partial charge in [0.25, 0.3) is 0 Å². The highest BCUT2D eigenvalue weighted by Gasteiger charge is 2.24. The molecule has 0 N–H and O–H groups in total. The van der Waals surface area contributed by atoms with E-state index in [9.17, 15) is 0 Å². The van der Waals surface area contributed by atoms with Crippen molar-refractivity contribution in [1.29, 1.82) is 10.5 Å². The van der Waals surface area contributed by atoms with Gasteiger partial charge in [-0.1, -0.05) is 42.5 Å². The van der Waals surface area contributed by atoms with Gasteiger partial charge >= 0.3 is 0 Å². The first-order valence-electron chi connectivity index (χ1n) is 12.8. The van der Waals surface area contributed by atoms with E-state index in [1.54, 1.807) is 0 Å². The zero-order valence-corrected chi connectivity index (χ0v) is 21.8. The largest absolute Gasteiger partial charge is 0.454 e. The molecule has 0 saturated carbocycles. The van der Waals surface area contributed by atoms with Crippen molar-refractivity contribution in [1.82, 2.24) is 0 Å². The van der Waals surface area contributed by atoms with Gasteiger partial charge in [0.2, 0.25) is 6.79 Å². The van der Waals surface area contributed by atoms with Gasteiger partial charge in [-0.05, 0) is 84.8 Å².